The number of amides is 1. The number of fused-ring (bicyclic) bond motifs is 1. The molecule has 0 bridgehead atoms. The number of benzene rings is 1. The van der Waals surface area contributed by atoms with Crippen LogP contribution in [0.2, 0.25) is 5.02 Å². The quantitative estimate of drug-likeness (QED) is 0.769. The third kappa shape index (κ3) is 3.02. The van der Waals surface area contributed by atoms with E-state index in [1.807, 2.05) is 11.0 Å². The molecule has 20 heavy (non-hydrogen) atoms. The van der Waals surface area contributed by atoms with E-state index in [1.165, 1.54) is 25.8 Å². The minimum absolute atomic E-state index is 0.0958. The van der Waals surface area contributed by atoms with E-state index >= 15 is 0 Å². The average Bonchev–Trinajstić information content (AvgIpc) is 2.45. The largest absolute Gasteiger partial charge is 0.336 e. The van der Waals surface area contributed by atoms with Crippen molar-refractivity contribution in [2.75, 3.05) is 26.2 Å². The first-order valence-corrected chi connectivity index (χ1v) is 8.30. The first kappa shape index (κ1) is 14.4. The predicted molar refractivity (Wildman–Crippen MR) is 84.3 cm³/mol. The van der Waals surface area contributed by atoms with Gasteiger partial charge in [-0.3, -0.25) is 9.69 Å². The zero-order valence-electron chi connectivity index (χ0n) is 11.3. The Kier molecular flexibility index (Phi) is 4.34. The zero-order chi connectivity index (χ0) is 14.1. The number of carbonyl (C=O) groups is 1. The fraction of sp³-hybridized carbons (Fsp3) is 0.533. The van der Waals surface area contributed by atoms with Gasteiger partial charge in [-0.05, 0) is 37.6 Å². The monoisotopic (exact) mass is 356 g/mol. The molecule has 1 aromatic rings. The Morgan fingerprint density at radius 1 is 1.20 bits per heavy atom. The molecule has 0 radical (unpaired) electrons. The van der Waals surface area contributed by atoms with Crippen LogP contribution in [-0.4, -0.2) is 47.9 Å². The molecule has 3 rings (SSSR count). The first-order chi connectivity index (χ1) is 9.63. The maximum atomic E-state index is 12.6. The third-order valence-corrected chi connectivity index (χ3v) is 4.91. The molecule has 1 atom stereocenters. The normalized spacial score (nSPS) is 23.5. The van der Waals surface area contributed by atoms with Gasteiger partial charge in [0.25, 0.3) is 5.91 Å². The Bertz CT molecular complexity index is 502. The Labute approximate surface area is 133 Å². The molecule has 2 aliphatic rings. The fourth-order valence-corrected chi connectivity index (χ4v) is 4.06. The summed E-state index contributed by atoms with van der Waals surface area (Å²) in [7, 11) is 0. The number of hydrogen-bond donors (Lipinski definition) is 0. The molecule has 1 amide bonds. The van der Waals surface area contributed by atoms with Crippen LogP contribution >= 0.6 is 27.5 Å². The Morgan fingerprint density at radius 2 is 2.05 bits per heavy atom. The lowest BCUT2D eigenvalue weighted by atomic mass is 9.99. The maximum absolute atomic E-state index is 12.6. The predicted octanol–water partition coefficient (Wildman–Crippen LogP) is 3.41. The van der Waals surface area contributed by atoms with Gasteiger partial charge in [0.2, 0.25) is 0 Å². The zero-order valence-corrected chi connectivity index (χ0v) is 13.7. The number of carbonyl (C=O) groups excluding carboxylic acids is 1. The van der Waals surface area contributed by atoms with E-state index in [0.717, 1.165) is 24.1 Å². The lowest BCUT2D eigenvalue weighted by Gasteiger charge is -2.44. The molecule has 1 unspecified atom stereocenters. The molecular weight excluding hydrogens is 340 g/mol. The molecule has 0 spiro atoms. The SMILES string of the molecule is O=C(c1cc(Cl)cc(Br)c1)N1CCN2CCCCC2C1. The molecule has 2 aliphatic heterocycles. The van der Waals surface area contributed by atoms with Crippen molar-refractivity contribution in [3.05, 3.63) is 33.3 Å². The van der Waals surface area contributed by atoms with Crippen LogP contribution in [0.3, 0.4) is 0 Å². The molecule has 2 heterocycles. The average molecular weight is 358 g/mol. The Morgan fingerprint density at radius 3 is 2.85 bits per heavy atom. The van der Waals surface area contributed by atoms with E-state index in [-0.39, 0.29) is 5.91 Å². The van der Waals surface area contributed by atoms with Gasteiger partial charge in [0, 0.05) is 40.7 Å². The molecule has 5 heteroatoms. The molecule has 0 saturated carbocycles. The summed E-state index contributed by atoms with van der Waals surface area (Å²) < 4.78 is 0.852. The van der Waals surface area contributed by atoms with E-state index in [0.29, 0.717) is 16.6 Å². The molecule has 3 nitrogen and oxygen atoms in total. The van der Waals surface area contributed by atoms with Crippen molar-refractivity contribution >= 4 is 33.4 Å². The van der Waals surface area contributed by atoms with Gasteiger partial charge < -0.3 is 4.90 Å². The maximum Gasteiger partial charge on any atom is 0.254 e. The number of piperidine rings is 1. The lowest BCUT2D eigenvalue weighted by molar-refractivity contribution is 0.0372. The van der Waals surface area contributed by atoms with Gasteiger partial charge in [0.1, 0.15) is 0 Å². The summed E-state index contributed by atoms with van der Waals surface area (Å²) in [6, 6.07) is 5.95. The van der Waals surface area contributed by atoms with Crippen molar-refractivity contribution in [3.63, 3.8) is 0 Å². The lowest BCUT2D eigenvalue weighted by Crippen LogP contribution is -2.56. The van der Waals surface area contributed by atoms with Gasteiger partial charge in [0.15, 0.2) is 0 Å². The van der Waals surface area contributed by atoms with Crippen molar-refractivity contribution in [1.29, 1.82) is 0 Å². The van der Waals surface area contributed by atoms with Gasteiger partial charge in [-0.15, -0.1) is 0 Å². The van der Waals surface area contributed by atoms with Gasteiger partial charge in [-0.1, -0.05) is 34.0 Å². The van der Waals surface area contributed by atoms with Crippen LogP contribution in [0, 0.1) is 0 Å². The number of nitrogens with zero attached hydrogens (tertiary/aromatic N) is 2. The summed E-state index contributed by atoms with van der Waals surface area (Å²) in [4.78, 5) is 17.1. The summed E-state index contributed by atoms with van der Waals surface area (Å²) in [6.07, 6.45) is 3.79. The third-order valence-electron chi connectivity index (χ3n) is 4.23. The van der Waals surface area contributed by atoms with Crippen LogP contribution in [0.5, 0.6) is 0 Å². The second-order valence-corrected chi connectivity index (χ2v) is 6.95. The van der Waals surface area contributed by atoms with Crippen molar-refractivity contribution in [2.24, 2.45) is 0 Å². The van der Waals surface area contributed by atoms with E-state index in [2.05, 4.69) is 20.8 Å². The van der Waals surface area contributed by atoms with Crippen molar-refractivity contribution in [1.82, 2.24) is 9.80 Å². The molecule has 2 fully saturated rings. The summed E-state index contributed by atoms with van der Waals surface area (Å²) in [5.74, 6) is 0.0958. The second kappa shape index (κ2) is 6.04. The van der Waals surface area contributed by atoms with Gasteiger partial charge in [0.05, 0.1) is 0 Å². The number of hydrogen-bond acceptors (Lipinski definition) is 2. The Hall–Kier alpha value is -0.580. The van der Waals surface area contributed by atoms with Crippen molar-refractivity contribution < 1.29 is 4.79 Å². The molecule has 108 valence electrons. The number of rotatable bonds is 1. The molecule has 0 aromatic heterocycles. The molecule has 1 aromatic carbocycles. The van der Waals surface area contributed by atoms with Crippen LogP contribution in [0.1, 0.15) is 29.6 Å². The smallest absolute Gasteiger partial charge is 0.254 e. The second-order valence-electron chi connectivity index (χ2n) is 5.59. The van der Waals surface area contributed by atoms with Gasteiger partial charge in [-0.25, -0.2) is 0 Å². The first-order valence-electron chi connectivity index (χ1n) is 7.13. The van der Waals surface area contributed by atoms with E-state index < -0.39 is 0 Å². The summed E-state index contributed by atoms with van der Waals surface area (Å²) in [5, 5.41) is 0.596. The summed E-state index contributed by atoms with van der Waals surface area (Å²) in [6.45, 7) is 3.86. The van der Waals surface area contributed by atoms with Crippen LogP contribution in [-0.2, 0) is 0 Å². The van der Waals surface area contributed by atoms with Gasteiger partial charge >= 0.3 is 0 Å². The van der Waals surface area contributed by atoms with Crippen molar-refractivity contribution in [3.8, 4) is 0 Å². The minimum atomic E-state index is 0.0958. The summed E-state index contributed by atoms with van der Waals surface area (Å²) in [5.41, 5.74) is 0.675. The highest BCUT2D eigenvalue weighted by atomic mass is 79.9. The van der Waals surface area contributed by atoms with Crippen LogP contribution in [0.15, 0.2) is 22.7 Å². The minimum Gasteiger partial charge on any atom is -0.336 e. The van der Waals surface area contributed by atoms with Crippen LogP contribution < -0.4 is 0 Å². The number of piperazine rings is 1. The highest BCUT2D eigenvalue weighted by molar-refractivity contribution is 9.10. The van der Waals surface area contributed by atoms with Crippen molar-refractivity contribution in [2.45, 2.75) is 25.3 Å². The van der Waals surface area contributed by atoms with Crippen LogP contribution in [0.4, 0.5) is 0 Å². The molecule has 0 aliphatic carbocycles. The fourth-order valence-electron chi connectivity index (χ4n) is 3.20. The topological polar surface area (TPSA) is 23.6 Å². The number of halogens is 2. The molecule has 0 N–H and O–H groups in total. The highest BCUT2D eigenvalue weighted by Crippen LogP contribution is 2.24. The van der Waals surface area contributed by atoms with E-state index in [9.17, 15) is 4.79 Å². The Balaban J connectivity index is 1.74. The van der Waals surface area contributed by atoms with E-state index in [1.54, 1.807) is 12.1 Å². The summed E-state index contributed by atoms with van der Waals surface area (Å²) >= 11 is 9.43. The standard InChI is InChI=1S/C15H18BrClN2O/c16-12-7-11(8-13(17)9-12)15(20)19-6-5-18-4-2-1-3-14(18)10-19/h7-9,14H,1-6,10H2. The highest BCUT2D eigenvalue weighted by Gasteiger charge is 2.31. The van der Waals surface area contributed by atoms with Crippen LogP contribution in [0.25, 0.3) is 0 Å². The van der Waals surface area contributed by atoms with Gasteiger partial charge in [-0.2, -0.15) is 0 Å². The molecule has 2 saturated heterocycles. The molecular formula is C15H18BrClN2O. The van der Waals surface area contributed by atoms with E-state index in [4.69, 9.17) is 11.6 Å².